The minimum Gasteiger partial charge on any atom is -0.445 e. The van der Waals surface area contributed by atoms with Crippen LogP contribution in [0.2, 0.25) is 0 Å². The molecular formula is C24H25N3O5. The number of nitrogens with zero attached hydrogens (tertiary/aromatic N) is 3. The number of likely N-dealkylation sites (tertiary alicyclic amines) is 1. The first kappa shape index (κ1) is 20.7. The fraction of sp³-hybridized carbons (Fsp3) is 0.375. The van der Waals surface area contributed by atoms with E-state index in [0.717, 1.165) is 18.4 Å². The van der Waals surface area contributed by atoms with Crippen molar-refractivity contribution < 1.29 is 19.4 Å². The van der Waals surface area contributed by atoms with Crippen molar-refractivity contribution in [1.82, 2.24) is 14.5 Å². The van der Waals surface area contributed by atoms with E-state index in [9.17, 15) is 14.7 Å². The molecule has 2 aliphatic rings. The minimum atomic E-state index is -1.56. The lowest BCUT2D eigenvalue weighted by molar-refractivity contribution is -0.202. The van der Waals surface area contributed by atoms with Gasteiger partial charge in [-0.1, -0.05) is 42.5 Å². The van der Waals surface area contributed by atoms with Crippen LogP contribution in [0.3, 0.4) is 0 Å². The van der Waals surface area contributed by atoms with E-state index in [-0.39, 0.29) is 37.3 Å². The Labute approximate surface area is 185 Å². The molecule has 5 rings (SSSR count). The summed E-state index contributed by atoms with van der Waals surface area (Å²) in [5.41, 5.74) is 1.28. The van der Waals surface area contributed by atoms with Gasteiger partial charge in [-0.15, -0.1) is 0 Å². The maximum Gasteiger partial charge on any atom is 0.410 e. The van der Waals surface area contributed by atoms with Crippen LogP contribution >= 0.6 is 0 Å². The van der Waals surface area contributed by atoms with Crippen LogP contribution in [0, 0.1) is 0 Å². The Morgan fingerprint density at radius 1 is 1.19 bits per heavy atom. The molecule has 0 bridgehead atoms. The first-order valence-electron chi connectivity index (χ1n) is 10.8. The summed E-state index contributed by atoms with van der Waals surface area (Å²) in [6.07, 6.45) is 2.41. The minimum absolute atomic E-state index is 0.0520. The smallest absolute Gasteiger partial charge is 0.410 e. The Kier molecular flexibility index (Phi) is 5.40. The Morgan fingerprint density at radius 3 is 2.81 bits per heavy atom. The molecule has 3 atom stereocenters. The molecule has 166 valence electrons. The largest absolute Gasteiger partial charge is 0.445 e. The van der Waals surface area contributed by atoms with Crippen LogP contribution in [-0.2, 0) is 22.6 Å². The second-order valence-electron chi connectivity index (χ2n) is 8.44. The van der Waals surface area contributed by atoms with Gasteiger partial charge in [-0.05, 0) is 30.5 Å². The van der Waals surface area contributed by atoms with Crippen molar-refractivity contribution in [3.8, 4) is 0 Å². The Balaban J connectivity index is 1.30. The molecule has 8 nitrogen and oxygen atoms in total. The van der Waals surface area contributed by atoms with E-state index in [4.69, 9.17) is 9.47 Å². The molecule has 1 N–H and O–H groups in total. The quantitative estimate of drug-likeness (QED) is 0.677. The first-order chi connectivity index (χ1) is 15.5. The average Bonchev–Trinajstić information content (AvgIpc) is 3.16. The molecule has 0 spiro atoms. The monoisotopic (exact) mass is 435 g/mol. The zero-order valence-electron chi connectivity index (χ0n) is 17.6. The zero-order chi connectivity index (χ0) is 22.1. The van der Waals surface area contributed by atoms with Gasteiger partial charge < -0.3 is 19.5 Å². The summed E-state index contributed by atoms with van der Waals surface area (Å²) in [6, 6.07) is 16.3. The van der Waals surface area contributed by atoms with E-state index in [1.165, 1.54) is 10.9 Å². The molecule has 2 saturated heterocycles. The standard InChI is InChI=1S/C24H25N3O5/c28-22-18-9-4-5-10-19(18)25-16-26(22)15-24(30)13-20-21(32-24)11-6-12-27(20)23(29)31-14-17-7-2-1-3-8-17/h1-5,7-10,16,20-21,30H,6,11-15H2/t20-,21-,24+/m0/s1. The molecular weight excluding hydrogens is 410 g/mol. The van der Waals surface area contributed by atoms with Crippen molar-refractivity contribution in [2.75, 3.05) is 6.54 Å². The normalized spacial score (nSPS) is 25.0. The Bertz CT molecular complexity index is 1180. The van der Waals surface area contributed by atoms with E-state index in [1.54, 1.807) is 23.1 Å². The first-order valence-corrected chi connectivity index (χ1v) is 10.8. The van der Waals surface area contributed by atoms with Crippen molar-refractivity contribution in [1.29, 1.82) is 0 Å². The molecule has 3 heterocycles. The van der Waals surface area contributed by atoms with E-state index >= 15 is 0 Å². The van der Waals surface area contributed by atoms with Crippen LogP contribution in [0.15, 0.2) is 65.7 Å². The number of aliphatic hydroxyl groups is 1. The fourth-order valence-electron chi connectivity index (χ4n) is 4.67. The summed E-state index contributed by atoms with van der Waals surface area (Å²) >= 11 is 0. The summed E-state index contributed by atoms with van der Waals surface area (Å²) in [6.45, 7) is 0.687. The molecule has 8 heteroatoms. The lowest BCUT2D eigenvalue weighted by atomic mass is 9.97. The van der Waals surface area contributed by atoms with Crippen molar-refractivity contribution in [2.45, 2.75) is 50.3 Å². The molecule has 32 heavy (non-hydrogen) atoms. The van der Waals surface area contributed by atoms with E-state index < -0.39 is 11.9 Å². The number of amides is 1. The van der Waals surface area contributed by atoms with Crippen LogP contribution in [-0.4, -0.2) is 50.1 Å². The number of carbonyl (C=O) groups is 1. The third-order valence-corrected chi connectivity index (χ3v) is 6.20. The number of piperidine rings is 1. The topological polar surface area (TPSA) is 93.9 Å². The van der Waals surface area contributed by atoms with Crippen molar-refractivity contribution in [3.63, 3.8) is 0 Å². The highest BCUT2D eigenvalue weighted by molar-refractivity contribution is 5.76. The number of benzene rings is 2. The highest BCUT2D eigenvalue weighted by atomic mass is 16.6. The summed E-state index contributed by atoms with van der Waals surface area (Å²) in [5.74, 6) is -1.56. The molecule has 2 aliphatic heterocycles. The number of fused-ring (bicyclic) bond motifs is 2. The molecule has 1 aromatic heterocycles. The van der Waals surface area contributed by atoms with Gasteiger partial charge in [0.25, 0.3) is 5.56 Å². The van der Waals surface area contributed by atoms with Crippen molar-refractivity contribution >= 4 is 17.0 Å². The van der Waals surface area contributed by atoms with Crippen LogP contribution in [0.25, 0.3) is 10.9 Å². The maximum atomic E-state index is 12.8. The van der Waals surface area contributed by atoms with Crippen LogP contribution < -0.4 is 5.56 Å². The van der Waals surface area contributed by atoms with Gasteiger partial charge >= 0.3 is 6.09 Å². The second kappa shape index (κ2) is 8.37. The summed E-state index contributed by atoms with van der Waals surface area (Å²) in [4.78, 5) is 31.6. The number of para-hydroxylation sites is 1. The molecule has 1 amide bonds. The fourth-order valence-corrected chi connectivity index (χ4v) is 4.67. The summed E-state index contributed by atoms with van der Waals surface area (Å²) in [7, 11) is 0. The van der Waals surface area contributed by atoms with Gasteiger partial charge in [-0.25, -0.2) is 9.78 Å². The number of aromatic nitrogens is 2. The maximum absolute atomic E-state index is 12.8. The van der Waals surface area contributed by atoms with Gasteiger partial charge in [-0.2, -0.15) is 0 Å². The van der Waals surface area contributed by atoms with Crippen LogP contribution in [0.1, 0.15) is 24.8 Å². The zero-order valence-corrected chi connectivity index (χ0v) is 17.6. The van der Waals surface area contributed by atoms with Crippen LogP contribution in [0.5, 0.6) is 0 Å². The third kappa shape index (κ3) is 3.99. The average molecular weight is 435 g/mol. The lowest BCUT2D eigenvalue weighted by Crippen LogP contribution is -2.49. The highest BCUT2D eigenvalue weighted by Crippen LogP contribution is 2.38. The van der Waals surface area contributed by atoms with E-state index in [1.807, 2.05) is 36.4 Å². The number of carbonyl (C=O) groups excluding carboxylic acids is 1. The molecule has 2 aromatic carbocycles. The summed E-state index contributed by atoms with van der Waals surface area (Å²) < 4.78 is 12.9. The van der Waals surface area contributed by atoms with E-state index in [0.29, 0.717) is 17.4 Å². The summed E-state index contributed by atoms with van der Waals surface area (Å²) in [5, 5.41) is 11.7. The van der Waals surface area contributed by atoms with Gasteiger partial charge in [0.1, 0.15) is 6.61 Å². The van der Waals surface area contributed by atoms with Gasteiger partial charge in [0.15, 0.2) is 5.79 Å². The molecule has 3 aromatic rings. The SMILES string of the molecule is O=C(OCc1ccccc1)N1CCC[C@@H]2O[C@@](O)(Cn3cnc4ccccc4c3=O)C[C@@H]21. The lowest BCUT2D eigenvalue weighted by Gasteiger charge is -2.35. The number of hydrogen-bond donors (Lipinski definition) is 1. The predicted octanol–water partition coefficient (Wildman–Crippen LogP) is 2.68. The number of rotatable bonds is 4. The number of hydrogen-bond acceptors (Lipinski definition) is 6. The van der Waals surface area contributed by atoms with Gasteiger partial charge in [0.05, 0.1) is 35.9 Å². The predicted molar refractivity (Wildman–Crippen MR) is 117 cm³/mol. The molecule has 0 aliphatic carbocycles. The molecule has 0 radical (unpaired) electrons. The number of ether oxygens (including phenoxy) is 2. The Hall–Kier alpha value is -3.23. The Morgan fingerprint density at radius 2 is 1.97 bits per heavy atom. The van der Waals surface area contributed by atoms with Crippen molar-refractivity contribution in [2.24, 2.45) is 0 Å². The van der Waals surface area contributed by atoms with E-state index in [2.05, 4.69) is 4.98 Å². The second-order valence-corrected chi connectivity index (χ2v) is 8.44. The third-order valence-electron chi connectivity index (χ3n) is 6.20. The highest BCUT2D eigenvalue weighted by Gasteiger charge is 2.50. The van der Waals surface area contributed by atoms with Gasteiger partial charge in [-0.3, -0.25) is 9.36 Å². The van der Waals surface area contributed by atoms with Gasteiger partial charge in [0.2, 0.25) is 0 Å². The van der Waals surface area contributed by atoms with Crippen LogP contribution in [0.4, 0.5) is 4.79 Å². The van der Waals surface area contributed by atoms with Crippen molar-refractivity contribution in [3.05, 3.63) is 76.8 Å². The van der Waals surface area contributed by atoms with Gasteiger partial charge in [0, 0.05) is 13.0 Å². The molecule has 0 saturated carbocycles. The molecule has 0 unspecified atom stereocenters. The molecule has 2 fully saturated rings.